The van der Waals surface area contributed by atoms with E-state index in [1.807, 2.05) is 24.0 Å². The molecule has 0 bridgehead atoms. The largest absolute Gasteiger partial charge is 0.378 e. The predicted molar refractivity (Wildman–Crippen MR) is 96.4 cm³/mol. The molecule has 2 N–H and O–H groups in total. The van der Waals surface area contributed by atoms with E-state index in [0.717, 1.165) is 50.2 Å². The van der Waals surface area contributed by atoms with Gasteiger partial charge in [0.25, 0.3) is 0 Å². The van der Waals surface area contributed by atoms with Crippen molar-refractivity contribution in [3.63, 3.8) is 0 Å². The molecule has 1 aromatic rings. The molecule has 1 saturated heterocycles. The monoisotopic (exact) mass is 363 g/mol. The molecule has 1 aliphatic heterocycles. The number of amides is 1. The highest BCUT2D eigenvalue weighted by atomic mass is 35.5. The van der Waals surface area contributed by atoms with E-state index < -0.39 is 0 Å². The second kappa shape index (κ2) is 11.6. The summed E-state index contributed by atoms with van der Waals surface area (Å²) in [5.74, 6) is 0.182. The molecule has 1 aromatic heterocycles. The topological polar surface area (TPSA) is 68.5 Å². The molecular formula is C16H27Cl2N3O2. The normalized spacial score (nSPS) is 14.8. The standard InChI is InChI=1S/C16H25N3O2.2ClH/c1-13-3-4-14(12-18-13)11-16(20)19-8-5-15(6-9-19)21-10-2-7-17;;/h3-4,12,15H,2,5-11,17H2,1H3;2*1H. The highest BCUT2D eigenvalue weighted by Gasteiger charge is 2.23. The van der Waals surface area contributed by atoms with Gasteiger partial charge in [0, 0.05) is 31.6 Å². The molecule has 0 atom stereocenters. The van der Waals surface area contributed by atoms with Crippen LogP contribution in [0.1, 0.15) is 30.5 Å². The van der Waals surface area contributed by atoms with Crippen molar-refractivity contribution in [1.82, 2.24) is 9.88 Å². The number of carbonyl (C=O) groups excluding carboxylic acids is 1. The number of nitrogens with two attached hydrogens (primary N) is 1. The van der Waals surface area contributed by atoms with Gasteiger partial charge in [0.2, 0.25) is 5.91 Å². The minimum Gasteiger partial charge on any atom is -0.378 e. The minimum absolute atomic E-state index is 0. The van der Waals surface area contributed by atoms with Crippen LogP contribution in [-0.4, -0.2) is 48.1 Å². The van der Waals surface area contributed by atoms with E-state index in [1.54, 1.807) is 6.20 Å². The van der Waals surface area contributed by atoms with Gasteiger partial charge in [-0.05, 0) is 44.4 Å². The fraction of sp³-hybridized carbons (Fsp3) is 0.625. The van der Waals surface area contributed by atoms with Gasteiger partial charge in [0.1, 0.15) is 0 Å². The van der Waals surface area contributed by atoms with Gasteiger partial charge in [-0.25, -0.2) is 0 Å². The Hall–Kier alpha value is -0.880. The summed E-state index contributed by atoms with van der Waals surface area (Å²) in [4.78, 5) is 18.4. The van der Waals surface area contributed by atoms with Crippen LogP contribution >= 0.6 is 24.8 Å². The van der Waals surface area contributed by atoms with E-state index in [2.05, 4.69) is 4.98 Å². The lowest BCUT2D eigenvalue weighted by Crippen LogP contribution is -2.41. The second-order valence-corrected chi connectivity index (χ2v) is 5.58. The average Bonchev–Trinajstić information content (AvgIpc) is 2.50. The van der Waals surface area contributed by atoms with Gasteiger partial charge in [0.15, 0.2) is 0 Å². The Morgan fingerprint density at radius 1 is 1.35 bits per heavy atom. The second-order valence-electron chi connectivity index (χ2n) is 5.58. The van der Waals surface area contributed by atoms with Crippen molar-refractivity contribution in [2.75, 3.05) is 26.2 Å². The molecule has 2 heterocycles. The molecule has 5 nitrogen and oxygen atoms in total. The number of aromatic nitrogens is 1. The summed E-state index contributed by atoms with van der Waals surface area (Å²) in [6, 6.07) is 3.92. The molecule has 23 heavy (non-hydrogen) atoms. The van der Waals surface area contributed by atoms with E-state index in [1.165, 1.54) is 0 Å². The molecule has 132 valence electrons. The number of piperidine rings is 1. The van der Waals surface area contributed by atoms with E-state index in [4.69, 9.17) is 10.5 Å². The smallest absolute Gasteiger partial charge is 0.227 e. The lowest BCUT2D eigenvalue weighted by molar-refractivity contribution is -0.133. The number of halogens is 2. The Morgan fingerprint density at radius 3 is 2.61 bits per heavy atom. The molecule has 1 amide bonds. The number of carbonyl (C=O) groups is 1. The van der Waals surface area contributed by atoms with Crippen molar-refractivity contribution >= 4 is 30.7 Å². The predicted octanol–water partition coefficient (Wildman–Crippen LogP) is 2.13. The molecule has 0 unspecified atom stereocenters. The van der Waals surface area contributed by atoms with Crippen LogP contribution in [0.4, 0.5) is 0 Å². The first-order valence-corrected chi connectivity index (χ1v) is 7.70. The van der Waals surface area contributed by atoms with Crippen molar-refractivity contribution < 1.29 is 9.53 Å². The zero-order chi connectivity index (χ0) is 15.1. The quantitative estimate of drug-likeness (QED) is 0.786. The third-order valence-electron chi connectivity index (χ3n) is 3.82. The van der Waals surface area contributed by atoms with Gasteiger partial charge in [-0.3, -0.25) is 9.78 Å². The minimum atomic E-state index is 0. The van der Waals surface area contributed by atoms with Crippen LogP contribution < -0.4 is 5.73 Å². The maximum absolute atomic E-state index is 12.3. The zero-order valence-corrected chi connectivity index (χ0v) is 15.2. The number of pyridine rings is 1. The van der Waals surface area contributed by atoms with Crippen LogP contribution in [0.15, 0.2) is 18.3 Å². The third kappa shape index (κ3) is 7.48. The molecule has 0 radical (unpaired) electrons. The number of rotatable bonds is 6. The molecular weight excluding hydrogens is 337 g/mol. The van der Waals surface area contributed by atoms with Gasteiger partial charge >= 0.3 is 0 Å². The van der Waals surface area contributed by atoms with Crippen LogP contribution in [0, 0.1) is 6.92 Å². The first kappa shape index (κ1) is 22.1. The fourth-order valence-corrected chi connectivity index (χ4v) is 2.49. The van der Waals surface area contributed by atoms with E-state index >= 15 is 0 Å². The van der Waals surface area contributed by atoms with Crippen molar-refractivity contribution in [2.45, 2.75) is 38.7 Å². The molecule has 1 aliphatic rings. The summed E-state index contributed by atoms with van der Waals surface area (Å²) in [7, 11) is 0. The van der Waals surface area contributed by atoms with Crippen LogP contribution in [0.25, 0.3) is 0 Å². The SMILES string of the molecule is Cc1ccc(CC(=O)N2CCC(OCCCN)CC2)cn1.Cl.Cl. The number of ether oxygens (including phenoxy) is 1. The molecule has 7 heteroatoms. The number of nitrogens with zero attached hydrogens (tertiary/aromatic N) is 2. The summed E-state index contributed by atoms with van der Waals surface area (Å²) in [6.45, 7) is 4.91. The Balaban J connectivity index is 0.00000242. The summed E-state index contributed by atoms with van der Waals surface area (Å²) < 4.78 is 5.75. The van der Waals surface area contributed by atoms with Crippen LogP contribution in [0.3, 0.4) is 0 Å². The lowest BCUT2D eigenvalue weighted by Gasteiger charge is -2.32. The van der Waals surface area contributed by atoms with Crippen molar-refractivity contribution in [3.8, 4) is 0 Å². The fourth-order valence-electron chi connectivity index (χ4n) is 2.49. The third-order valence-corrected chi connectivity index (χ3v) is 3.82. The molecule has 0 aliphatic carbocycles. The van der Waals surface area contributed by atoms with Gasteiger partial charge < -0.3 is 15.4 Å². The lowest BCUT2D eigenvalue weighted by atomic mass is 10.1. The number of hydrogen-bond donors (Lipinski definition) is 1. The maximum Gasteiger partial charge on any atom is 0.227 e. The Kier molecular flexibility index (Phi) is 11.2. The molecule has 1 fully saturated rings. The van der Waals surface area contributed by atoms with E-state index in [9.17, 15) is 4.79 Å². The first-order chi connectivity index (χ1) is 10.2. The number of aryl methyl sites for hydroxylation is 1. The molecule has 0 spiro atoms. The van der Waals surface area contributed by atoms with Gasteiger partial charge in [0.05, 0.1) is 12.5 Å². The molecule has 0 aromatic carbocycles. The zero-order valence-electron chi connectivity index (χ0n) is 13.6. The summed E-state index contributed by atoms with van der Waals surface area (Å²) in [6.07, 6.45) is 5.24. The van der Waals surface area contributed by atoms with Crippen LogP contribution in [0.5, 0.6) is 0 Å². The number of hydrogen-bond acceptors (Lipinski definition) is 4. The number of likely N-dealkylation sites (tertiary alicyclic amines) is 1. The molecule has 0 saturated carbocycles. The van der Waals surface area contributed by atoms with Crippen LogP contribution in [0.2, 0.25) is 0 Å². The van der Waals surface area contributed by atoms with E-state index in [0.29, 0.717) is 13.0 Å². The van der Waals surface area contributed by atoms with Gasteiger partial charge in [-0.1, -0.05) is 6.07 Å². The van der Waals surface area contributed by atoms with Crippen molar-refractivity contribution in [1.29, 1.82) is 0 Å². The summed E-state index contributed by atoms with van der Waals surface area (Å²) in [5, 5.41) is 0. The van der Waals surface area contributed by atoms with Crippen LogP contribution in [-0.2, 0) is 16.0 Å². The van der Waals surface area contributed by atoms with Crippen molar-refractivity contribution in [2.24, 2.45) is 5.73 Å². The summed E-state index contributed by atoms with van der Waals surface area (Å²) >= 11 is 0. The highest BCUT2D eigenvalue weighted by molar-refractivity contribution is 5.85. The Bertz CT molecular complexity index is 449. The Labute approximate surface area is 150 Å². The summed E-state index contributed by atoms with van der Waals surface area (Å²) in [5.41, 5.74) is 7.40. The Morgan fingerprint density at radius 2 is 2.04 bits per heavy atom. The van der Waals surface area contributed by atoms with Crippen molar-refractivity contribution in [3.05, 3.63) is 29.6 Å². The average molecular weight is 364 g/mol. The van der Waals surface area contributed by atoms with E-state index in [-0.39, 0.29) is 36.8 Å². The molecule has 2 rings (SSSR count). The van der Waals surface area contributed by atoms with Gasteiger partial charge in [-0.15, -0.1) is 24.8 Å². The highest BCUT2D eigenvalue weighted by Crippen LogP contribution is 2.15. The maximum atomic E-state index is 12.3. The van der Waals surface area contributed by atoms with Gasteiger partial charge in [-0.2, -0.15) is 0 Å². The first-order valence-electron chi connectivity index (χ1n) is 7.70.